The largest absolute Gasteiger partial charge is 0.364 e. The number of aromatic nitrogens is 3. The molecule has 1 rings (SSSR count). The molecule has 0 saturated heterocycles. The Labute approximate surface area is 78.2 Å². The number of rotatable bonds is 3. The fourth-order valence-corrected chi connectivity index (χ4v) is 1.66. The van der Waals surface area contributed by atoms with Crippen molar-refractivity contribution >= 4 is 0 Å². The van der Waals surface area contributed by atoms with Crippen LogP contribution in [0.2, 0.25) is 0 Å². The molecule has 1 aromatic heterocycles. The van der Waals surface area contributed by atoms with E-state index in [2.05, 4.69) is 18.8 Å². The predicted molar refractivity (Wildman–Crippen MR) is 51.6 cm³/mol. The zero-order valence-electron chi connectivity index (χ0n) is 8.69. The van der Waals surface area contributed by atoms with Gasteiger partial charge in [-0.25, -0.2) is 9.48 Å². The van der Waals surface area contributed by atoms with Gasteiger partial charge in [0.1, 0.15) is 6.33 Å². The van der Waals surface area contributed by atoms with Crippen molar-refractivity contribution in [2.45, 2.75) is 33.2 Å². The molecule has 0 N–H and O–H groups in total. The van der Waals surface area contributed by atoms with E-state index in [1.54, 1.807) is 15.7 Å². The lowest BCUT2D eigenvalue weighted by atomic mass is 10.1. The molecule has 1 aromatic rings. The summed E-state index contributed by atoms with van der Waals surface area (Å²) in [6.07, 6.45) is 2.55. The van der Waals surface area contributed by atoms with Gasteiger partial charge in [-0.15, -0.1) is 0 Å². The molecule has 0 radical (unpaired) electrons. The minimum absolute atomic E-state index is 0.157. The van der Waals surface area contributed by atoms with Gasteiger partial charge in [-0.3, -0.25) is 4.68 Å². The summed E-state index contributed by atoms with van der Waals surface area (Å²) in [6, 6.07) is 0.222. The molecule has 0 fully saturated rings. The second kappa shape index (κ2) is 3.77. The molecule has 1 heterocycles. The van der Waals surface area contributed by atoms with E-state index in [9.17, 15) is 4.79 Å². The monoisotopic (exact) mass is 183 g/mol. The zero-order valence-corrected chi connectivity index (χ0v) is 8.69. The highest BCUT2D eigenvalue weighted by atomic mass is 16.2. The van der Waals surface area contributed by atoms with E-state index >= 15 is 0 Å². The maximum absolute atomic E-state index is 11.3. The third-order valence-corrected chi connectivity index (χ3v) is 2.10. The van der Waals surface area contributed by atoms with Crippen molar-refractivity contribution in [2.24, 2.45) is 13.0 Å². The third-order valence-electron chi connectivity index (χ3n) is 2.10. The highest BCUT2D eigenvalue weighted by Gasteiger charge is 2.11. The van der Waals surface area contributed by atoms with Crippen molar-refractivity contribution in [1.82, 2.24) is 14.3 Å². The summed E-state index contributed by atoms with van der Waals surface area (Å²) >= 11 is 0. The van der Waals surface area contributed by atoms with Gasteiger partial charge >= 0.3 is 5.69 Å². The molecule has 13 heavy (non-hydrogen) atoms. The Kier molecular flexibility index (Phi) is 2.90. The molecule has 0 spiro atoms. The summed E-state index contributed by atoms with van der Waals surface area (Å²) < 4.78 is 3.43. The van der Waals surface area contributed by atoms with Gasteiger partial charge in [-0.1, -0.05) is 13.8 Å². The van der Waals surface area contributed by atoms with Crippen molar-refractivity contribution < 1.29 is 0 Å². The lowest BCUT2D eigenvalue weighted by Crippen LogP contribution is -2.26. The first-order valence-corrected chi connectivity index (χ1v) is 4.62. The van der Waals surface area contributed by atoms with Crippen LogP contribution in [-0.4, -0.2) is 14.3 Å². The van der Waals surface area contributed by atoms with Gasteiger partial charge in [0, 0.05) is 7.05 Å². The number of hydrogen-bond donors (Lipinski definition) is 0. The van der Waals surface area contributed by atoms with Crippen LogP contribution in [0, 0.1) is 5.92 Å². The molecule has 1 atom stereocenters. The van der Waals surface area contributed by atoms with E-state index in [0.717, 1.165) is 6.42 Å². The van der Waals surface area contributed by atoms with Crippen LogP contribution in [-0.2, 0) is 7.05 Å². The molecule has 74 valence electrons. The molecule has 0 aromatic carbocycles. The van der Waals surface area contributed by atoms with Crippen molar-refractivity contribution in [3.63, 3.8) is 0 Å². The van der Waals surface area contributed by atoms with Crippen LogP contribution in [0.25, 0.3) is 0 Å². The Balaban J connectivity index is 2.88. The van der Waals surface area contributed by atoms with Gasteiger partial charge in [-0.2, -0.15) is 4.98 Å². The van der Waals surface area contributed by atoms with Crippen molar-refractivity contribution in [2.75, 3.05) is 0 Å². The number of hydrogen-bond acceptors (Lipinski definition) is 2. The van der Waals surface area contributed by atoms with Crippen LogP contribution >= 0.6 is 0 Å². The molecule has 4 heteroatoms. The van der Waals surface area contributed by atoms with E-state index in [4.69, 9.17) is 0 Å². The average molecular weight is 183 g/mol. The topological polar surface area (TPSA) is 39.8 Å². The highest BCUT2D eigenvalue weighted by molar-refractivity contribution is 4.70. The van der Waals surface area contributed by atoms with Gasteiger partial charge < -0.3 is 0 Å². The molecule has 0 aliphatic heterocycles. The van der Waals surface area contributed by atoms with Crippen molar-refractivity contribution in [3.05, 3.63) is 16.8 Å². The van der Waals surface area contributed by atoms with Crippen molar-refractivity contribution in [3.8, 4) is 0 Å². The predicted octanol–water partition coefficient (Wildman–Crippen LogP) is 1.19. The van der Waals surface area contributed by atoms with E-state index in [1.807, 2.05) is 14.0 Å². The third kappa shape index (κ3) is 2.20. The Morgan fingerprint density at radius 1 is 1.46 bits per heavy atom. The summed E-state index contributed by atoms with van der Waals surface area (Å²) in [5.41, 5.74) is -0.157. The molecule has 0 saturated carbocycles. The molecule has 0 aliphatic rings. The molecule has 0 bridgehead atoms. The van der Waals surface area contributed by atoms with Crippen LogP contribution in [0.4, 0.5) is 0 Å². The van der Waals surface area contributed by atoms with Gasteiger partial charge in [0.15, 0.2) is 0 Å². The number of nitrogens with zero attached hydrogens (tertiary/aromatic N) is 3. The fraction of sp³-hybridized carbons (Fsp3) is 0.778. The van der Waals surface area contributed by atoms with Crippen LogP contribution < -0.4 is 5.69 Å². The fourth-order valence-electron chi connectivity index (χ4n) is 1.66. The quantitative estimate of drug-likeness (QED) is 0.706. The Morgan fingerprint density at radius 2 is 2.08 bits per heavy atom. The minimum Gasteiger partial charge on any atom is -0.273 e. The smallest absolute Gasteiger partial charge is 0.273 e. The summed E-state index contributed by atoms with van der Waals surface area (Å²) in [5.74, 6) is 0.594. The van der Waals surface area contributed by atoms with Crippen LogP contribution in [0.1, 0.15) is 33.2 Å². The van der Waals surface area contributed by atoms with Gasteiger partial charge in [0.2, 0.25) is 0 Å². The Hall–Kier alpha value is -1.06. The maximum Gasteiger partial charge on any atom is 0.364 e. The van der Waals surface area contributed by atoms with Crippen LogP contribution in [0.3, 0.4) is 0 Å². The lowest BCUT2D eigenvalue weighted by Gasteiger charge is -2.16. The first kappa shape index (κ1) is 10.0. The van der Waals surface area contributed by atoms with Crippen molar-refractivity contribution in [1.29, 1.82) is 0 Å². The first-order valence-electron chi connectivity index (χ1n) is 4.62. The molecule has 4 nitrogen and oxygen atoms in total. The minimum atomic E-state index is -0.157. The second-order valence-electron chi connectivity index (χ2n) is 3.92. The highest BCUT2D eigenvalue weighted by Crippen LogP contribution is 2.13. The molecule has 0 amide bonds. The molecular formula is C9H17N3O. The summed E-state index contributed by atoms with van der Waals surface area (Å²) in [7, 11) is 1.84. The maximum atomic E-state index is 11.3. The first-order chi connectivity index (χ1) is 6.02. The number of aryl methyl sites for hydroxylation is 1. The Bertz CT molecular complexity index is 324. The summed E-state index contributed by atoms with van der Waals surface area (Å²) in [5, 5.41) is 0. The average Bonchev–Trinajstić information content (AvgIpc) is 2.29. The standard InChI is InChI=1S/C9H17N3O/c1-7(2)5-8(3)12-9(13)10-6-11(12)4/h6-8H,5H2,1-4H3. The van der Waals surface area contributed by atoms with E-state index in [1.165, 1.54) is 0 Å². The van der Waals surface area contributed by atoms with Crippen LogP contribution in [0.15, 0.2) is 11.1 Å². The van der Waals surface area contributed by atoms with Gasteiger partial charge in [0.05, 0.1) is 6.04 Å². The normalized spacial score (nSPS) is 13.6. The second-order valence-corrected chi connectivity index (χ2v) is 3.92. The summed E-state index contributed by atoms with van der Waals surface area (Å²) in [4.78, 5) is 15.0. The van der Waals surface area contributed by atoms with E-state index < -0.39 is 0 Å². The molecule has 0 aliphatic carbocycles. The lowest BCUT2D eigenvalue weighted by molar-refractivity contribution is 0.351. The summed E-state index contributed by atoms with van der Waals surface area (Å²) in [6.45, 7) is 6.35. The zero-order chi connectivity index (χ0) is 10.0. The van der Waals surface area contributed by atoms with E-state index in [-0.39, 0.29) is 11.7 Å². The molecule has 1 unspecified atom stereocenters. The van der Waals surface area contributed by atoms with Crippen LogP contribution in [0.5, 0.6) is 0 Å². The van der Waals surface area contributed by atoms with E-state index in [0.29, 0.717) is 5.92 Å². The van der Waals surface area contributed by atoms with Gasteiger partial charge in [-0.05, 0) is 19.3 Å². The molecular weight excluding hydrogens is 166 g/mol. The Morgan fingerprint density at radius 3 is 2.46 bits per heavy atom. The van der Waals surface area contributed by atoms with Gasteiger partial charge in [0.25, 0.3) is 0 Å². The SMILES string of the molecule is CC(C)CC(C)n1c(=O)ncn1C.